The van der Waals surface area contributed by atoms with Crippen LogP contribution in [0.5, 0.6) is 0 Å². The summed E-state index contributed by atoms with van der Waals surface area (Å²) in [6, 6.07) is 9.32. The molecule has 0 N–H and O–H groups in total. The van der Waals surface area contributed by atoms with Gasteiger partial charge in [-0.1, -0.05) is 18.2 Å². The summed E-state index contributed by atoms with van der Waals surface area (Å²) in [7, 11) is 0. The van der Waals surface area contributed by atoms with Crippen LogP contribution in [-0.4, -0.2) is 85.5 Å². The third-order valence-electron chi connectivity index (χ3n) is 4.69. The van der Waals surface area contributed by atoms with Crippen LogP contribution >= 0.6 is 0 Å². The summed E-state index contributed by atoms with van der Waals surface area (Å²) in [6.45, 7) is 6.60. The van der Waals surface area contributed by atoms with Gasteiger partial charge in [0.25, 0.3) is 5.91 Å². The van der Waals surface area contributed by atoms with Gasteiger partial charge in [0.1, 0.15) is 0 Å². The second-order valence-electron chi connectivity index (χ2n) is 6.24. The molecular formula is C18H25N3O3. The Morgan fingerprint density at radius 3 is 2.17 bits per heavy atom. The summed E-state index contributed by atoms with van der Waals surface area (Å²) in [4.78, 5) is 30.8. The van der Waals surface area contributed by atoms with Crippen LogP contribution in [0.15, 0.2) is 30.3 Å². The van der Waals surface area contributed by atoms with Crippen molar-refractivity contribution >= 4 is 11.8 Å². The molecule has 0 spiro atoms. The number of piperazine rings is 1. The summed E-state index contributed by atoms with van der Waals surface area (Å²) in [5, 5.41) is 0. The number of hydrogen-bond donors (Lipinski definition) is 0. The molecule has 2 aliphatic heterocycles. The molecule has 0 unspecified atom stereocenters. The molecule has 0 atom stereocenters. The maximum Gasteiger partial charge on any atom is 0.253 e. The summed E-state index contributed by atoms with van der Waals surface area (Å²) in [5.74, 6) is 0.240. The molecule has 0 saturated carbocycles. The molecule has 24 heavy (non-hydrogen) atoms. The van der Waals surface area contributed by atoms with Crippen LogP contribution in [0.4, 0.5) is 0 Å². The van der Waals surface area contributed by atoms with Crippen molar-refractivity contribution in [3.05, 3.63) is 35.9 Å². The Labute approximate surface area is 143 Å². The van der Waals surface area contributed by atoms with Gasteiger partial charge >= 0.3 is 0 Å². The van der Waals surface area contributed by atoms with Crippen LogP contribution < -0.4 is 0 Å². The number of hydrogen-bond acceptors (Lipinski definition) is 4. The van der Waals surface area contributed by atoms with Crippen molar-refractivity contribution in [2.75, 3.05) is 59.0 Å². The highest BCUT2D eigenvalue weighted by Gasteiger charge is 2.25. The Bertz CT molecular complexity index is 550. The Morgan fingerprint density at radius 1 is 0.875 bits per heavy atom. The topological polar surface area (TPSA) is 53.1 Å². The summed E-state index contributed by atoms with van der Waals surface area (Å²) < 4.78 is 5.32. The third kappa shape index (κ3) is 4.33. The van der Waals surface area contributed by atoms with E-state index >= 15 is 0 Å². The van der Waals surface area contributed by atoms with E-state index in [1.165, 1.54) is 0 Å². The molecule has 6 nitrogen and oxygen atoms in total. The molecule has 0 aromatic heterocycles. The van der Waals surface area contributed by atoms with Gasteiger partial charge in [-0.25, -0.2) is 0 Å². The van der Waals surface area contributed by atoms with E-state index in [1.807, 2.05) is 40.1 Å². The Balaban J connectivity index is 1.42. The minimum Gasteiger partial charge on any atom is -0.379 e. The van der Waals surface area contributed by atoms with Crippen molar-refractivity contribution in [3.63, 3.8) is 0 Å². The van der Waals surface area contributed by atoms with Gasteiger partial charge < -0.3 is 14.5 Å². The van der Waals surface area contributed by atoms with Crippen molar-refractivity contribution < 1.29 is 14.3 Å². The standard InChI is InChI=1S/C18H25N3O3/c22-17(6-7-19-12-14-24-15-13-19)20-8-10-21(11-9-20)18(23)16-4-2-1-3-5-16/h1-5H,6-15H2. The van der Waals surface area contributed by atoms with Gasteiger partial charge in [-0.05, 0) is 12.1 Å². The average Bonchev–Trinajstić information content (AvgIpc) is 2.67. The van der Waals surface area contributed by atoms with Crippen LogP contribution in [0.25, 0.3) is 0 Å². The van der Waals surface area contributed by atoms with E-state index in [0.29, 0.717) is 38.2 Å². The van der Waals surface area contributed by atoms with Crippen molar-refractivity contribution in [1.82, 2.24) is 14.7 Å². The van der Waals surface area contributed by atoms with Crippen molar-refractivity contribution in [1.29, 1.82) is 0 Å². The maximum atomic E-state index is 12.4. The molecular weight excluding hydrogens is 306 g/mol. The zero-order valence-electron chi connectivity index (χ0n) is 14.0. The third-order valence-corrected chi connectivity index (χ3v) is 4.69. The number of morpholine rings is 1. The van der Waals surface area contributed by atoms with Gasteiger partial charge in [-0.15, -0.1) is 0 Å². The van der Waals surface area contributed by atoms with Crippen molar-refractivity contribution in [2.45, 2.75) is 6.42 Å². The van der Waals surface area contributed by atoms with E-state index in [0.717, 1.165) is 32.8 Å². The van der Waals surface area contributed by atoms with Gasteiger partial charge in [0.15, 0.2) is 0 Å². The highest BCUT2D eigenvalue weighted by Crippen LogP contribution is 2.10. The molecule has 6 heteroatoms. The fraction of sp³-hybridized carbons (Fsp3) is 0.556. The highest BCUT2D eigenvalue weighted by molar-refractivity contribution is 5.94. The maximum absolute atomic E-state index is 12.4. The van der Waals surface area contributed by atoms with E-state index in [4.69, 9.17) is 4.74 Å². The minimum absolute atomic E-state index is 0.0519. The van der Waals surface area contributed by atoms with Gasteiger partial charge in [0.05, 0.1) is 13.2 Å². The van der Waals surface area contributed by atoms with Crippen LogP contribution in [0.3, 0.4) is 0 Å². The molecule has 2 fully saturated rings. The summed E-state index contributed by atoms with van der Waals surface area (Å²) in [6.07, 6.45) is 0.548. The summed E-state index contributed by atoms with van der Waals surface area (Å²) in [5.41, 5.74) is 0.713. The largest absolute Gasteiger partial charge is 0.379 e. The van der Waals surface area contributed by atoms with E-state index in [2.05, 4.69) is 4.90 Å². The quantitative estimate of drug-likeness (QED) is 0.815. The SMILES string of the molecule is O=C(CCN1CCOCC1)N1CCN(C(=O)c2ccccc2)CC1. The van der Waals surface area contributed by atoms with Crippen LogP contribution in [0.2, 0.25) is 0 Å². The zero-order chi connectivity index (χ0) is 16.8. The first kappa shape index (κ1) is 16.9. The van der Waals surface area contributed by atoms with Crippen LogP contribution in [0.1, 0.15) is 16.8 Å². The van der Waals surface area contributed by atoms with Crippen LogP contribution in [-0.2, 0) is 9.53 Å². The smallest absolute Gasteiger partial charge is 0.253 e. The van der Waals surface area contributed by atoms with Gasteiger partial charge in [0, 0.05) is 57.8 Å². The number of carbonyl (C=O) groups excluding carboxylic acids is 2. The highest BCUT2D eigenvalue weighted by atomic mass is 16.5. The fourth-order valence-electron chi connectivity index (χ4n) is 3.16. The monoisotopic (exact) mass is 331 g/mol. The number of carbonyl (C=O) groups is 2. The normalized spacial score (nSPS) is 19.3. The molecule has 2 heterocycles. The molecule has 0 aliphatic carbocycles. The van der Waals surface area contributed by atoms with E-state index in [9.17, 15) is 9.59 Å². The van der Waals surface area contributed by atoms with Gasteiger partial charge in [-0.2, -0.15) is 0 Å². The van der Waals surface area contributed by atoms with Gasteiger partial charge in [-0.3, -0.25) is 14.5 Å². The van der Waals surface area contributed by atoms with Crippen molar-refractivity contribution in [3.8, 4) is 0 Å². The lowest BCUT2D eigenvalue weighted by Crippen LogP contribution is -2.51. The number of nitrogens with zero attached hydrogens (tertiary/aromatic N) is 3. The Morgan fingerprint density at radius 2 is 1.50 bits per heavy atom. The number of amides is 2. The lowest BCUT2D eigenvalue weighted by molar-refractivity contribution is -0.133. The number of benzene rings is 1. The molecule has 130 valence electrons. The first-order valence-electron chi connectivity index (χ1n) is 8.66. The first-order valence-corrected chi connectivity index (χ1v) is 8.66. The predicted octanol–water partition coefficient (Wildman–Crippen LogP) is 0.693. The second-order valence-corrected chi connectivity index (χ2v) is 6.24. The van der Waals surface area contributed by atoms with E-state index in [-0.39, 0.29) is 11.8 Å². The molecule has 1 aromatic carbocycles. The second kappa shape index (κ2) is 8.26. The lowest BCUT2D eigenvalue weighted by Gasteiger charge is -2.35. The average molecular weight is 331 g/mol. The summed E-state index contributed by atoms with van der Waals surface area (Å²) >= 11 is 0. The molecule has 0 bridgehead atoms. The molecule has 2 amide bonds. The molecule has 3 rings (SSSR count). The van der Waals surface area contributed by atoms with Crippen LogP contribution in [0, 0.1) is 0 Å². The molecule has 0 radical (unpaired) electrons. The molecule has 2 saturated heterocycles. The Kier molecular flexibility index (Phi) is 5.82. The fourth-order valence-corrected chi connectivity index (χ4v) is 3.16. The Hall–Kier alpha value is -1.92. The number of ether oxygens (including phenoxy) is 1. The first-order chi connectivity index (χ1) is 11.7. The molecule has 1 aromatic rings. The van der Waals surface area contributed by atoms with E-state index in [1.54, 1.807) is 0 Å². The predicted molar refractivity (Wildman–Crippen MR) is 90.8 cm³/mol. The lowest BCUT2D eigenvalue weighted by atomic mass is 10.2. The zero-order valence-corrected chi connectivity index (χ0v) is 14.0. The number of rotatable bonds is 4. The van der Waals surface area contributed by atoms with Gasteiger partial charge in [0.2, 0.25) is 5.91 Å². The van der Waals surface area contributed by atoms with Crippen molar-refractivity contribution in [2.24, 2.45) is 0 Å². The molecule has 2 aliphatic rings. The minimum atomic E-state index is 0.0519. The van der Waals surface area contributed by atoms with E-state index < -0.39 is 0 Å².